The molecule has 0 aromatic heterocycles. The molecule has 0 aliphatic carbocycles. The van der Waals surface area contributed by atoms with E-state index < -0.39 is 0 Å². The maximum atomic E-state index is 6.45. The van der Waals surface area contributed by atoms with Gasteiger partial charge < -0.3 is 10.2 Å². The molecule has 0 spiro atoms. The lowest BCUT2D eigenvalue weighted by Gasteiger charge is -2.42. The van der Waals surface area contributed by atoms with E-state index in [1.54, 1.807) is 0 Å². The van der Waals surface area contributed by atoms with Gasteiger partial charge in [-0.05, 0) is 37.0 Å². The Bertz CT molecular complexity index is 450. The largest absolute Gasteiger partial charge is 0.365 e. The summed E-state index contributed by atoms with van der Waals surface area (Å²) in [4.78, 5) is 2.48. The van der Waals surface area contributed by atoms with Crippen LogP contribution in [0.5, 0.6) is 0 Å². The molecule has 0 amide bonds. The Hall–Kier alpha value is -0.250. The quantitative estimate of drug-likeness (QED) is 0.838. The van der Waals surface area contributed by atoms with Gasteiger partial charge in [0.25, 0.3) is 0 Å². The van der Waals surface area contributed by atoms with Gasteiger partial charge in [0, 0.05) is 29.6 Å². The lowest BCUT2D eigenvalue weighted by Crippen LogP contribution is -2.56. The normalized spacial score (nSPS) is 23.4. The Morgan fingerprint density at radius 3 is 2.80 bits per heavy atom. The van der Waals surface area contributed by atoms with Gasteiger partial charge in [-0.3, -0.25) is 0 Å². The summed E-state index contributed by atoms with van der Waals surface area (Å²) >= 11 is 9.93. The summed E-state index contributed by atoms with van der Waals surface area (Å²) in [5, 5.41) is 4.52. The van der Waals surface area contributed by atoms with Crippen molar-refractivity contribution in [1.82, 2.24) is 5.32 Å². The van der Waals surface area contributed by atoms with Gasteiger partial charge in [0.1, 0.15) is 0 Å². The van der Waals surface area contributed by atoms with Crippen molar-refractivity contribution in [3.05, 3.63) is 27.7 Å². The monoisotopic (exact) mass is 358 g/mol. The first kappa shape index (κ1) is 16.1. The number of hydrogen-bond acceptors (Lipinski definition) is 2. The molecule has 1 aliphatic rings. The predicted octanol–water partition coefficient (Wildman–Crippen LogP) is 4.71. The van der Waals surface area contributed by atoms with Crippen molar-refractivity contribution in [2.75, 3.05) is 18.0 Å². The van der Waals surface area contributed by atoms with Crippen LogP contribution in [0.25, 0.3) is 0 Å². The highest BCUT2D eigenvalue weighted by Crippen LogP contribution is 2.32. The molecule has 1 fully saturated rings. The number of hydrogen-bond donors (Lipinski definition) is 1. The van der Waals surface area contributed by atoms with E-state index in [-0.39, 0.29) is 0 Å². The van der Waals surface area contributed by atoms with Crippen LogP contribution < -0.4 is 10.2 Å². The standard InChI is InChI=1S/C16H24BrClN2/c1-4-14-9-19-13(7-11(2)3)10-20(14)16-6-5-12(17)8-15(16)18/h5-6,8,11,13-14,19H,4,7,9-10H2,1-3H3. The fourth-order valence-corrected chi connectivity index (χ4v) is 3.75. The molecule has 1 aromatic carbocycles. The van der Waals surface area contributed by atoms with Crippen LogP contribution in [-0.4, -0.2) is 25.2 Å². The van der Waals surface area contributed by atoms with Crippen molar-refractivity contribution in [3.63, 3.8) is 0 Å². The van der Waals surface area contributed by atoms with E-state index in [1.807, 2.05) is 6.07 Å². The number of rotatable bonds is 4. The van der Waals surface area contributed by atoms with Crippen LogP contribution in [0.4, 0.5) is 5.69 Å². The highest BCUT2D eigenvalue weighted by atomic mass is 79.9. The molecule has 2 nitrogen and oxygen atoms in total. The molecule has 1 aromatic rings. The molecule has 0 saturated carbocycles. The number of nitrogens with zero attached hydrogens (tertiary/aromatic N) is 1. The van der Waals surface area contributed by atoms with E-state index in [0.29, 0.717) is 18.0 Å². The lowest BCUT2D eigenvalue weighted by molar-refractivity contribution is 0.343. The summed E-state index contributed by atoms with van der Waals surface area (Å²) in [6, 6.07) is 7.28. The van der Waals surface area contributed by atoms with E-state index in [1.165, 1.54) is 6.42 Å². The van der Waals surface area contributed by atoms with Crippen molar-refractivity contribution >= 4 is 33.2 Å². The molecule has 1 heterocycles. The van der Waals surface area contributed by atoms with Gasteiger partial charge in [0.15, 0.2) is 0 Å². The summed E-state index contributed by atoms with van der Waals surface area (Å²) in [6.45, 7) is 8.89. The Kier molecular flexibility index (Phi) is 5.76. The zero-order valence-corrected chi connectivity index (χ0v) is 14.8. The summed E-state index contributed by atoms with van der Waals surface area (Å²) in [5.74, 6) is 0.716. The smallest absolute Gasteiger partial charge is 0.0650 e. The van der Waals surface area contributed by atoms with Crippen molar-refractivity contribution in [3.8, 4) is 0 Å². The fourth-order valence-electron chi connectivity index (χ4n) is 2.96. The Morgan fingerprint density at radius 1 is 1.45 bits per heavy atom. The number of anilines is 1. The average Bonchev–Trinajstić information content (AvgIpc) is 2.38. The lowest BCUT2D eigenvalue weighted by atomic mass is 9.98. The fraction of sp³-hybridized carbons (Fsp3) is 0.625. The second kappa shape index (κ2) is 7.15. The first-order valence-electron chi connectivity index (χ1n) is 7.46. The molecule has 20 heavy (non-hydrogen) atoms. The highest BCUT2D eigenvalue weighted by Gasteiger charge is 2.28. The van der Waals surface area contributed by atoms with E-state index in [4.69, 9.17) is 11.6 Å². The van der Waals surface area contributed by atoms with Crippen molar-refractivity contribution in [2.24, 2.45) is 5.92 Å². The van der Waals surface area contributed by atoms with Gasteiger partial charge in [-0.25, -0.2) is 0 Å². The van der Waals surface area contributed by atoms with Gasteiger partial charge in [0.05, 0.1) is 10.7 Å². The van der Waals surface area contributed by atoms with Crippen LogP contribution in [0.2, 0.25) is 5.02 Å². The molecule has 1 saturated heterocycles. The topological polar surface area (TPSA) is 15.3 Å². The number of halogens is 2. The van der Waals surface area contributed by atoms with Crippen LogP contribution in [0.3, 0.4) is 0 Å². The molecule has 2 atom stereocenters. The Balaban J connectivity index is 2.20. The third-order valence-corrected chi connectivity index (χ3v) is 4.74. The molecule has 0 radical (unpaired) electrons. The van der Waals surface area contributed by atoms with Crippen LogP contribution in [0.15, 0.2) is 22.7 Å². The van der Waals surface area contributed by atoms with E-state index in [9.17, 15) is 0 Å². The first-order chi connectivity index (χ1) is 9.51. The molecule has 2 rings (SSSR count). The second-order valence-corrected chi connectivity index (χ2v) is 7.37. The van der Waals surface area contributed by atoms with E-state index >= 15 is 0 Å². The third kappa shape index (κ3) is 3.90. The Morgan fingerprint density at radius 2 is 2.20 bits per heavy atom. The van der Waals surface area contributed by atoms with Gasteiger partial charge in [0.2, 0.25) is 0 Å². The van der Waals surface area contributed by atoms with Crippen molar-refractivity contribution < 1.29 is 0 Å². The highest BCUT2D eigenvalue weighted by molar-refractivity contribution is 9.10. The molecule has 2 unspecified atom stereocenters. The van der Waals surface area contributed by atoms with Gasteiger partial charge in [-0.2, -0.15) is 0 Å². The minimum Gasteiger partial charge on any atom is -0.365 e. The van der Waals surface area contributed by atoms with Crippen molar-refractivity contribution in [2.45, 2.75) is 45.7 Å². The zero-order valence-electron chi connectivity index (χ0n) is 12.5. The number of piperazine rings is 1. The minimum absolute atomic E-state index is 0.525. The number of benzene rings is 1. The molecule has 4 heteroatoms. The average molecular weight is 360 g/mol. The van der Waals surface area contributed by atoms with Crippen LogP contribution >= 0.6 is 27.5 Å². The van der Waals surface area contributed by atoms with Gasteiger partial charge >= 0.3 is 0 Å². The summed E-state index contributed by atoms with van der Waals surface area (Å²) in [6.07, 6.45) is 2.34. The molecular weight excluding hydrogens is 336 g/mol. The third-order valence-electron chi connectivity index (χ3n) is 3.95. The summed E-state index contributed by atoms with van der Waals surface area (Å²) < 4.78 is 1.04. The summed E-state index contributed by atoms with van der Waals surface area (Å²) in [7, 11) is 0. The molecular formula is C16H24BrClN2. The maximum Gasteiger partial charge on any atom is 0.0650 e. The van der Waals surface area contributed by atoms with Crippen LogP contribution in [0.1, 0.15) is 33.6 Å². The molecule has 0 bridgehead atoms. The molecule has 112 valence electrons. The predicted molar refractivity (Wildman–Crippen MR) is 91.8 cm³/mol. The van der Waals surface area contributed by atoms with Gasteiger partial charge in [-0.1, -0.05) is 48.3 Å². The maximum absolute atomic E-state index is 6.45. The van der Waals surface area contributed by atoms with Crippen LogP contribution in [0, 0.1) is 5.92 Å². The zero-order chi connectivity index (χ0) is 14.7. The van der Waals surface area contributed by atoms with Crippen LogP contribution in [-0.2, 0) is 0 Å². The Labute approximate surface area is 136 Å². The minimum atomic E-state index is 0.525. The first-order valence-corrected chi connectivity index (χ1v) is 8.63. The molecule has 1 aliphatic heterocycles. The van der Waals surface area contributed by atoms with E-state index in [0.717, 1.165) is 34.7 Å². The molecule has 1 N–H and O–H groups in total. The second-order valence-electron chi connectivity index (χ2n) is 6.04. The van der Waals surface area contributed by atoms with Gasteiger partial charge in [-0.15, -0.1) is 0 Å². The van der Waals surface area contributed by atoms with E-state index in [2.05, 4.69) is 59.1 Å². The SMILES string of the molecule is CCC1CNC(CC(C)C)CN1c1ccc(Br)cc1Cl. The number of nitrogens with one attached hydrogen (secondary N) is 1. The summed E-state index contributed by atoms with van der Waals surface area (Å²) in [5.41, 5.74) is 1.16. The van der Waals surface area contributed by atoms with Crippen molar-refractivity contribution in [1.29, 1.82) is 0 Å².